The van der Waals surface area contributed by atoms with Crippen LogP contribution in [0.25, 0.3) is 0 Å². The summed E-state index contributed by atoms with van der Waals surface area (Å²) in [4.78, 5) is 11.4. The highest BCUT2D eigenvalue weighted by Crippen LogP contribution is 2.37. The fraction of sp³-hybridized carbons (Fsp3) is 0.267. The summed E-state index contributed by atoms with van der Waals surface area (Å²) >= 11 is 5.62. The van der Waals surface area contributed by atoms with Crippen LogP contribution >= 0.6 is 11.6 Å². The molecule has 0 spiro atoms. The minimum Gasteiger partial charge on any atom is -0.338 e. The molecule has 128 valence electrons. The van der Waals surface area contributed by atoms with E-state index in [0.717, 1.165) is 6.07 Å². The molecule has 9 heteroatoms. The van der Waals surface area contributed by atoms with Gasteiger partial charge in [0.05, 0.1) is 11.3 Å². The largest absolute Gasteiger partial charge is 0.418 e. The number of hydrogen-bond acceptors (Lipinski definition) is 4. The standard InChI is InChI=1S/C15H14ClF3N4O/c1-2-3-14(24)21-13-7-6-12(22-23-13)20-11-5-4-9(16)8-10(11)15(17,18)19/h4-8H,2-3H2,1H3,(H,20,22)(H,21,23,24). The van der Waals surface area contributed by atoms with Crippen LogP contribution in [0.2, 0.25) is 5.02 Å². The lowest BCUT2D eigenvalue weighted by molar-refractivity contribution is -0.136. The van der Waals surface area contributed by atoms with Gasteiger partial charge in [-0.2, -0.15) is 13.2 Å². The van der Waals surface area contributed by atoms with Crippen molar-refractivity contribution in [2.45, 2.75) is 25.9 Å². The molecule has 1 amide bonds. The first-order chi connectivity index (χ1) is 11.3. The third-order valence-corrected chi connectivity index (χ3v) is 3.19. The fourth-order valence-corrected chi connectivity index (χ4v) is 2.07. The van der Waals surface area contributed by atoms with Gasteiger partial charge in [0, 0.05) is 11.4 Å². The minimum absolute atomic E-state index is 0.0204. The zero-order valence-corrected chi connectivity index (χ0v) is 13.4. The monoisotopic (exact) mass is 358 g/mol. The molecule has 1 aromatic carbocycles. The van der Waals surface area contributed by atoms with Gasteiger partial charge in [0.2, 0.25) is 5.91 Å². The second kappa shape index (κ2) is 7.48. The Morgan fingerprint density at radius 3 is 2.42 bits per heavy atom. The summed E-state index contributed by atoms with van der Waals surface area (Å²) in [6.07, 6.45) is -3.52. The Hall–Kier alpha value is -2.35. The number of nitrogens with zero attached hydrogens (tertiary/aromatic N) is 2. The van der Waals surface area contributed by atoms with E-state index in [2.05, 4.69) is 20.8 Å². The molecular formula is C15H14ClF3N4O. The average molecular weight is 359 g/mol. The highest BCUT2D eigenvalue weighted by molar-refractivity contribution is 6.30. The number of rotatable bonds is 5. The van der Waals surface area contributed by atoms with Crippen molar-refractivity contribution in [3.63, 3.8) is 0 Å². The van der Waals surface area contributed by atoms with Gasteiger partial charge in [0.15, 0.2) is 11.6 Å². The molecule has 0 saturated carbocycles. The predicted octanol–water partition coefficient (Wildman–Crippen LogP) is 4.63. The van der Waals surface area contributed by atoms with Crippen LogP contribution in [0.15, 0.2) is 30.3 Å². The minimum atomic E-state index is -4.56. The normalized spacial score (nSPS) is 11.2. The zero-order valence-electron chi connectivity index (χ0n) is 12.6. The number of aromatic nitrogens is 2. The molecule has 0 fully saturated rings. The molecular weight excluding hydrogens is 345 g/mol. The quantitative estimate of drug-likeness (QED) is 0.817. The molecule has 2 rings (SSSR count). The topological polar surface area (TPSA) is 66.9 Å². The van der Waals surface area contributed by atoms with Crippen LogP contribution in [0, 0.1) is 0 Å². The molecule has 0 unspecified atom stereocenters. The molecule has 0 saturated heterocycles. The van der Waals surface area contributed by atoms with Gasteiger partial charge < -0.3 is 10.6 Å². The Labute approximate surface area is 141 Å². The van der Waals surface area contributed by atoms with Crippen LogP contribution in [-0.4, -0.2) is 16.1 Å². The van der Waals surface area contributed by atoms with Crippen molar-refractivity contribution >= 4 is 34.8 Å². The summed E-state index contributed by atoms with van der Waals surface area (Å²) in [6, 6.07) is 6.25. The van der Waals surface area contributed by atoms with E-state index in [4.69, 9.17) is 11.6 Å². The SMILES string of the molecule is CCCC(=O)Nc1ccc(Nc2ccc(Cl)cc2C(F)(F)F)nn1. The zero-order chi connectivity index (χ0) is 17.7. The van der Waals surface area contributed by atoms with Crippen LogP contribution in [0.1, 0.15) is 25.3 Å². The van der Waals surface area contributed by atoms with Gasteiger partial charge in [-0.05, 0) is 36.8 Å². The first-order valence-corrected chi connectivity index (χ1v) is 7.44. The summed E-state index contributed by atoms with van der Waals surface area (Å²) in [7, 11) is 0. The summed E-state index contributed by atoms with van der Waals surface area (Å²) in [5.41, 5.74) is -1.10. The molecule has 0 atom stereocenters. The molecule has 1 heterocycles. The summed E-state index contributed by atoms with van der Waals surface area (Å²) in [5, 5.41) is 12.6. The van der Waals surface area contributed by atoms with E-state index in [0.29, 0.717) is 12.8 Å². The van der Waals surface area contributed by atoms with Crippen molar-refractivity contribution in [1.82, 2.24) is 10.2 Å². The maximum absolute atomic E-state index is 13.0. The van der Waals surface area contributed by atoms with Crippen LogP contribution in [0.3, 0.4) is 0 Å². The number of carbonyl (C=O) groups is 1. The lowest BCUT2D eigenvalue weighted by Gasteiger charge is -2.14. The summed E-state index contributed by atoms with van der Waals surface area (Å²) in [6.45, 7) is 1.86. The van der Waals surface area contributed by atoms with Gasteiger partial charge in [-0.3, -0.25) is 4.79 Å². The predicted molar refractivity (Wildman–Crippen MR) is 85.3 cm³/mol. The summed E-state index contributed by atoms with van der Waals surface area (Å²) in [5.74, 6) is 0.132. The first-order valence-electron chi connectivity index (χ1n) is 7.07. The number of carbonyl (C=O) groups excluding carboxylic acids is 1. The second-order valence-corrected chi connectivity index (χ2v) is 5.35. The maximum Gasteiger partial charge on any atom is 0.418 e. The van der Waals surface area contributed by atoms with E-state index in [1.807, 2.05) is 6.92 Å². The Morgan fingerprint density at radius 1 is 1.17 bits per heavy atom. The van der Waals surface area contributed by atoms with Gasteiger partial charge in [-0.15, -0.1) is 10.2 Å². The first kappa shape index (κ1) is 18.0. The van der Waals surface area contributed by atoms with Crippen LogP contribution in [-0.2, 0) is 11.0 Å². The molecule has 0 aliphatic heterocycles. The molecule has 1 aromatic heterocycles. The van der Waals surface area contributed by atoms with Gasteiger partial charge in [0.1, 0.15) is 0 Å². The third kappa shape index (κ3) is 4.82. The maximum atomic E-state index is 13.0. The lowest BCUT2D eigenvalue weighted by atomic mass is 10.1. The van der Waals surface area contributed by atoms with Crippen LogP contribution in [0.4, 0.5) is 30.5 Å². The van der Waals surface area contributed by atoms with Crippen molar-refractivity contribution in [3.8, 4) is 0 Å². The van der Waals surface area contributed by atoms with Crippen molar-refractivity contribution in [1.29, 1.82) is 0 Å². The molecule has 5 nitrogen and oxygen atoms in total. The van der Waals surface area contributed by atoms with Crippen LogP contribution < -0.4 is 10.6 Å². The van der Waals surface area contributed by atoms with E-state index in [1.54, 1.807) is 0 Å². The van der Waals surface area contributed by atoms with Gasteiger partial charge >= 0.3 is 6.18 Å². The van der Waals surface area contributed by atoms with Crippen molar-refractivity contribution in [2.75, 3.05) is 10.6 Å². The number of amides is 1. The molecule has 0 bridgehead atoms. The number of benzene rings is 1. The van der Waals surface area contributed by atoms with E-state index in [-0.39, 0.29) is 28.3 Å². The molecule has 2 N–H and O–H groups in total. The Morgan fingerprint density at radius 2 is 1.83 bits per heavy atom. The third-order valence-electron chi connectivity index (χ3n) is 2.96. The van der Waals surface area contributed by atoms with Gasteiger partial charge in [0.25, 0.3) is 0 Å². The number of hydrogen-bond donors (Lipinski definition) is 2. The number of nitrogens with one attached hydrogen (secondary N) is 2. The molecule has 2 aromatic rings. The van der Waals surface area contributed by atoms with Crippen molar-refractivity contribution in [3.05, 3.63) is 40.9 Å². The Bertz CT molecular complexity index is 720. The average Bonchev–Trinajstić information content (AvgIpc) is 2.50. The highest BCUT2D eigenvalue weighted by Gasteiger charge is 2.33. The van der Waals surface area contributed by atoms with E-state index < -0.39 is 11.7 Å². The van der Waals surface area contributed by atoms with Gasteiger partial charge in [-0.25, -0.2) is 0 Å². The molecule has 0 radical (unpaired) electrons. The fourth-order valence-electron chi connectivity index (χ4n) is 1.90. The lowest BCUT2D eigenvalue weighted by Crippen LogP contribution is -2.13. The smallest absolute Gasteiger partial charge is 0.338 e. The number of halogens is 4. The molecule has 24 heavy (non-hydrogen) atoms. The molecule has 0 aliphatic carbocycles. The van der Waals surface area contributed by atoms with Crippen molar-refractivity contribution < 1.29 is 18.0 Å². The van der Waals surface area contributed by atoms with Gasteiger partial charge in [-0.1, -0.05) is 18.5 Å². The number of anilines is 3. The Kier molecular flexibility index (Phi) is 5.61. The second-order valence-electron chi connectivity index (χ2n) is 4.91. The van der Waals surface area contributed by atoms with E-state index in [9.17, 15) is 18.0 Å². The highest BCUT2D eigenvalue weighted by atomic mass is 35.5. The van der Waals surface area contributed by atoms with Crippen LogP contribution in [0.5, 0.6) is 0 Å². The van der Waals surface area contributed by atoms with Crippen molar-refractivity contribution in [2.24, 2.45) is 0 Å². The summed E-state index contributed by atoms with van der Waals surface area (Å²) < 4.78 is 39.1. The van der Waals surface area contributed by atoms with E-state index in [1.165, 1.54) is 24.3 Å². The Balaban J connectivity index is 2.16. The number of alkyl halides is 3. The molecule has 0 aliphatic rings. The van der Waals surface area contributed by atoms with E-state index >= 15 is 0 Å².